The van der Waals surface area contributed by atoms with Crippen LogP contribution in [0.5, 0.6) is 0 Å². The summed E-state index contributed by atoms with van der Waals surface area (Å²) in [5, 5.41) is 0. The molecule has 0 unspecified atom stereocenters. The third-order valence-electron chi connectivity index (χ3n) is 9.44. The molecule has 0 amide bonds. The molecule has 0 spiro atoms. The van der Waals surface area contributed by atoms with E-state index in [1.165, 1.54) is 62.7 Å². The fraction of sp³-hybridized carbons (Fsp3) is 0.308. The van der Waals surface area contributed by atoms with Gasteiger partial charge in [0, 0.05) is 107 Å². The zero-order valence-electron chi connectivity index (χ0n) is 33.7. The fourth-order valence-electron chi connectivity index (χ4n) is 6.09. The Bertz CT molecular complexity index is 2040. The first kappa shape index (κ1) is 41.0. The van der Waals surface area contributed by atoms with Gasteiger partial charge in [-0.25, -0.2) is 0 Å². The molecule has 2 heterocycles. The van der Waals surface area contributed by atoms with Crippen molar-refractivity contribution in [2.45, 2.75) is 79.1 Å². The Morgan fingerprint density at radius 2 is 0.714 bits per heavy atom. The molecule has 0 aliphatic carbocycles. The van der Waals surface area contributed by atoms with Crippen LogP contribution in [0.1, 0.15) is 124 Å². The van der Waals surface area contributed by atoms with E-state index in [1.807, 2.05) is 36.4 Å². The summed E-state index contributed by atoms with van der Waals surface area (Å²) < 4.78 is 0. The predicted octanol–water partition coefficient (Wildman–Crippen LogP) is 10.9. The van der Waals surface area contributed by atoms with Crippen LogP contribution in [-0.4, -0.2) is 36.1 Å². The molecule has 0 bridgehead atoms. The lowest BCUT2D eigenvalue weighted by Crippen LogP contribution is -2.25. The molecule has 2 aromatic heterocycles. The summed E-state index contributed by atoms with van der Waals surface area (Å²) in [7, 11) is 0. The van der Waals surface area contributed by atoms with Crippen LogP contribution in [0.15, 0.2) is 110 Å². The molecule has 0 aliphatic heterocycles. The molecule has 56 heavy (non-hydrogen) atoms. The molecule has 0 radical (unpaired) electrons. The van der Waals surface area contributed by atoms with Crippen LogP contribution in [0.3, 0.4) is 0 Å². The normalized spacial score (nSPS) is 10.1. The van der Waals surface area contributed by atoms with Gasteiger partial charge in [-0.15, -0.1) is 0 Å². The quantitative estimate of drug-likeness (QED) is 0.106. The standard InChI is InChI=1S/C52H54N4/c1-5-9-35-55(36-10-6-2)51-29-21-43(22-30-51)17-25-47-39-48(26-18-44-23-31-52(32-24-44)56(37-11-7-3)38-12-8-4)50(28-20-46-16-14-34-54-42-46)40-49(47)27-19-45-15-13-33-53-41-45/h13-16,21-24,29-34,39-42H,5-12,35-38H2,1-4H3. The number of pyridine rings is 2. The van der Waals surface area contributed by atoms with Gasteiger partial charge in [0.15, 0.2) is 0 Å². The zero-order chi connectivity index (χ0) is 39.2. The smallest absolute Gasteiger partial charge is 0.0432 e. The molecule has 0 fully saturated rings. The maximum Gasteiger partial charge on any atom is 0.0432 e. The van der Waals surface area contributed by atoms with Crippen molar-refractivity contribution in [3.63, 3.8) is 0 Å². The summed E-state index contributed by atoms with van der Waals surface area (Å²) in [6.45, 7) is 13.3. The van der Waals surface area contributed by atoms with Crippen LogP contribution in [0.2, 0.25) is 0 Å². The highest BCUT2D eigenvalue weighted by atomic mass is 15.1. The van der Waals surface area contributed by atoms with Gasteiger partial charge in [0.25, 0.3) is 0 Å². The third-order valence-corrected chi connectivity index (χ3v) is 9.44. The van der Waals surface area contributed by atoms with Crippen molar-refractivity contribution in [1.29, 1.82) is 0 Å². The van der Waals surface area contributed by atoms with Crippen molar-refractivity contribution in [2.75, 3.05) is 36.0 Å². The summed E-state index contributed by atoms with van der Waals surface area (Å²) in [5.41, 5.74) is 9.22. The molecular formula is C52H54N4. The van der Waals surface area contributed by atoms with E-state index in [2.05, 4.69) is 143 Å². The molecule has 3 aromatic carbocycles. The first-order valence-corrected chi connectivity index (χ1v) is 20.4. The van der Waals surface area contributed by atoms with Crippen LogP contribution in [-0.2, 0) is 0 Å². The van der Waals surface area contributed by atoms with E-state index in [-0.39, 0.29) is 0 Å². The predicted molar refractivity (Wildman–Crippen MR) is 236 cm³/mol. The Hall–Kier alpha value is -6.20. The monoisotopic (exact) mass is 734 g/mol. The molecule has 0 saturated heterocycles. The molecule has 0 atom stereocenters. The van der Waals surface area contributed by atoms with Crippen LogP contribution in [0.4, 0.5) is 11.4 Å². The lowest BCUT2D eigenvalue weighted by molar-refractivity contribution is 0.678. The van der Waals surface area contributed by atoms with Crippen molar-refractivity contribution in [1.82, 2.24) is 9.97 Å². The number of hydrogen-bond acceptors (Lipinski definition) is 4. The van der Waals surface area contributed by atoms with E-state index >= 15 is 0 Å². The van der Waals surface area contributed by atoms with E-state index < -0.39 is 0 Å². The minimum atomic E-state index is 0.785. The van der Waals surface area contributed by atoms with Crippen molar-refractivity contribution in [3.05, 3.63) is 154 Å². The van der Waals surface area contributed by atoms with E-state index in [4.69, 9.17) is 0 Å². The van der Waals surface area contributed by atoms with E-state index in [0.29, 0.717) is 0 Å². The van der Waals surface area contributed by atoms with Crippen molar-refractivity contribution in [2.24, 2.45) is 0 Å². The lowest BCUT2D eigenvalue weighted by atomic mass is 9.97. The molecular weight excluding hydrogens is 681 g/mol. The molecule has 5 rings (SSSR count). The van der Waals surface area contributed by atoms with Gasteiger partial charge in [0.1, 0.15) is 0 Å². The molecule has 282 valence electrons. The fourth-order valence-corrected chi connectivity index (χ4v) is 6.09. The van der Waals surface area contributed by atoms with Crippen LogP contribution in [0, 0.1) is 47.4 Å². The Morgan fingerprint density at radius 3 is 1.00 bits per heavy atom. The summed E-state index contributed by atoms with van der Waals surface area (Å²) in [6.07, 6.45) is 16.5. The maximum absolute atomic E-state index is 4.25. The van der Waals surface area contributed by atoms with Gasteiger partial charge in [0.05, 0.1) is 0 Å². The minimum Gasteiger partial charge on any atom is -0.372 e. The molecule has 4 nitrogen and oxygen atoms in total. The van der Waals surface area contributed by atoms with Gasteiger partial charge in [-0.1, -0.05) is 101 Å². The van der Waals surface area contributed by atoms with Crippen LogP contribution >= 0.6 is 0 Å². The summed E-state index contributed by atoms with van der Waals surface area (Å²) >= 11 is 0. The summed E-state index contributed by atoms with van der Waals surface area (Å²) in [5.74, 6) is 27.1. The third kappa shape index (κ3) is 13.0. The van der Waals surface area contributed by atoms with Crippen molar-refractivity contribution in [3.8, 4) is 47.4 Å². The van der Waals surface area contributed by atoms with E-state index in [9.17, 15) is 0 Å². The van der Waals surface area contributed by atoms with Crippen molar-refractivity contribution >= 4 is 11.4 Å². The highest BCUT2D eigenvalue weighted by Crippen LogP contribution is 2.20. The number of unbranched alkanes of at least 4 members (excludes halogenated alkanes) is 4. The van der Waals surface area contributed by atoms with Crippen molar-refractivity contribution < 1.29 is 0 Å². The van der Waals surface area contributed by atoms with Gasteiger partial charge in [-0.2, -0.15) is 0 Å². The largest absolute Gasteiger partial charge is 0.372 e. The van der Waals surface area contributed by atoms with Gasteiger partial charge in [-0.3, -0.25) is 9.97 Å². The van der Waals surface area contributed by atoms with E-state index in [1.54, 1.807) is 24.8 Å². The Morgan fingerprint density at radius 1 is 0.393 bits per heavy atom. The average Bonchev–Trinajstić information content (AvgIpc) is 3.25. The second kappa shape index (κ2) is 22.9. The first-order valence-electron chi connectivity index (χ1n) is 20.4. The number of aromatic nitrogens is 2. The number of rotatable bonds is 14. The van der Waals surface area contributed by atoms with Gasteiger partial charge in [-0.05, 0) is 111 Å². The Labute approximate surface area is 336 Å². The number of anilines is 2. The molecule has 0 saturated carbocycles. The van der Waals surface area contributed by atoms with Gasteiger partial charge >= 0.3 is 0 Å². The second-order valence-corrected chi connectivity index (χ2v) is 13.9. The topological polar surface area (TPSA) is 32.3 Å². The highest BCUT2D eigenvalue weighted by Gasteiger charge is 2.09. The zero-order valence-corrected chi connectivity index (χ0v) is 33.7. The molecule has 0 N–H and O–H groups in total. The first-order chi connectivity index (χ1) is 27.6. The number of benzene rings is 3. The lowest BCUT2D eigenvalue weighted by Gasteiger charge is -2.24. The number of nitrogens with zero attached hydrogens (tertiary/aromatic N) is 4. The second-order valence-electron chi connectivity index (χ2n) is 13.9. The minimum absolute atomic E-state index is 0.785. The Balaban J connectivity index is 1.55. The molecule has 0 aliphatic rings. The van der Waals surface area contributed by atoms with E-state index in [0.717, 1.165) is 70.7 Å². The summed E-state index contributed by atoms with van der Waals surface area (Å²) in [6, 6.07) is 29.0. The molecule has 4 heteroatoms. The van der Waals surface area contributed by atoms with Gasteiger partial charge in [0.2, 0.25) is 0 Å². The van der Waals surface area contributed by atoms with Gasteiger partial charge < -0.3 is 9.80 Å². The Kier molecular flexibility index (Phi) is 16.7. The molecule has 5 aromatic rings. The summed E-state index contributed by atoms with van der Waals surface area (Å²) in [4.78, 5) is 13.5. The SMILES string of the molecule is CCCCN(CCCC)c1ccc(C#Cc2cc(C#Cc3ccc(N(CCCC)CCCC)cc3)c(C#Cc3cccnc3)cc2C#Cc2cccnc2)cc1. The average molecular weight is 735 g/mol. The van der Waals surface area contributed by atoms with Crippen LogP contribution < -0.4 is 9.80 Å². The number of hydrogen-bond donors (Lipinski definition) is 0. The maximum atomic E-state index is 4.25. The van der Waals surface area contributed by atoms with Crippen LogP contribution in [0.25, 0.3) is 0 Å². The highest BCUT2D eigenvalue weighted by molar-refractivity contribution is 5.65.